The summed E-state index contributed by atoms with van der Waals surface area (Å²) in [6, 6.07) is 4.86. The second-order valence-electron chi connectivity index (χ2n) is 4.63. The molecule has 0 amide bonds. The first-order valence-electron chi connectivity index (χ1n) is 6.38. The summed E-state index contributed by atoms with van der Waals surface area (Å²) < 4.78 is 0. The molecule has 0 spiro atoms. The van der Waals surface area contributed by atoms with Crippen molar-refractivity contribution in [1.29, 1.82) is 0 Å². The highest BCUT2D eigenvalue weighted by molar-refractivity contribution is 5.63. The summed E-state index contributed by atoms with van der Waals surface area (Å²) in [5.74, 6) is 0.291. The number of nitrogens with zero attached hydrogens (tertiary/aromatic N) is 1. The number of nitro groups is 1. The molecule has 1 atom stereocenters. The van der Waals surface area contributed by atoms with Crippen LogP contribution in [0.1, 0.15) is 19.8 Å². The number of benzene rings is 1. The van der Waals surface area contributed by atoms with Crippen LogP contribution in [0.25, 0.3) is 0 Å². The lowest BCUT2D eigenvalue weighted by Crippen LogP contribution is -2.07. The predicted octanol–water partition coefficient (Wildman–Crippen LogP) is 2.46. The van der Waals surface area contributed by atoms with Gasteiger partial charge in [0, 0.05) is 43.7 Å². The highest BCUT2D eigenvalue weighted by atomic mass is 16.6. The van der Waals surface area contributed by atoms with Crippen molar-refractivity contribution in [3.8, 4) is 0 Å². The molecule has 0 saturated heterocycles. The predicted molar refractivity (Wildman–Crippen MR) is 76.6 cm³/mol. The first kappa shape index (κ1) is 15.2. The van der Waals surface area contributed by atoms with Crippen molar-refractivity contribution in [3.63, 3.8) is 0 Å². The zero-order valence-electron chi connectivity index (χ0n) is 11.3. The molecule has 0 aliphatic heterocycles. The van der Waals surface area contributed by atoms with Crippen LogP contribution in [0.3, 0.4) is 0 Å². The van der Waals surface area contributed by atoms with Crippen LogP contribution in [0.2, 0.25) is 0 Å². The number of rotatable bonds is 8. The molecule has 0 heterocycles. The Labute approximate surface area is 113 Å². The minimum atomic E-state index is -0.403. The number of non-ortho nitro benzene ring substituents is 1. The number of hydrogen-bond acceptors (Lipinski definition) is 5. The summed E-state index contributed by atoms with van der Waals surface area (Å²) >= 11 is 0. The molecule has 106 valence electrons. The first-order chi connectivity index (χ1) is 9.06. The van der Waals surface area contributed by atoms with E-state index in [-0.39, 0.29) is 12.3 Å². The molecule has 0 bridgehead atoms. The van der Waals surface area contributed by atoms with E-state index < -0.39 is 4.92 Å². The third kappa shape index (κ3) is 5.13. The Bertz CT molecular complexity index is 424. The van der Waals surface area contributed by atoms with Crippen molar-refractivity contribution >= 4 is 17.1 Å². The lowest BCUT2D eigenvalue weighted by molar-refractivity contribution is -0.384. The smallest absolute Gasteiger partial charge is 0.273 e. The Morgan fingerprint density at radius 2 is 2.05 bits per heavy atom. The van der Waals surface area contributed by atoms with Crippen molar-refractivity contribution in [2.45, 2.75) is 19.8 Å². The van der Waals surface area contributed by atoms with Gasteiger partial charge in [-0.3, -0.25) is 10.1 Å². The topological polar surface area (TPSA) is 87.4 Å². The van der Waals surface area contributed by atoms with E-state index in [0.717, 1.165) is 25.1 Å². The summed E-state index contributed by atoms with van der Waals surface area (Å²) in [7, 11) is 1.73. The molecule has 0 aromatic heterocycles. The van der Waals surface area contributed by atoms with Crippen LogP contribution in [0.15, 0.2) is 18.2 Å². The van der Waals surface area contributed by atoms with Gasteiger partial charge in [-0.2, -0.15) is 0 Å². The quantitative estimate of drug-likeness (QED) is 0.382. The van der Waals surface area contributed by atoms with Crippen LogP contribution >= 0.6 is 0 Å². The number of nitro benzene ring substituents is 1. The van der Waals surface area contributed by atoms with E-state index in [1.807, 2.05) is 13.0 Å². The van der Waals surface area contributed by atoms with Crippen molar-refractivity contribution in [1.82, 2.24) is 0 Å². The second-order valence-corrected chi connectivity index (χ2v) is 4.63. The SMILES string of the molecule is CNc1cc(NCCCC(C)CO)cc([N+](=O)[O-])c1. The standard InChI is InChI=1S/C13H21N3O3/c1-10(9-17)4-3-5-15-12-6-11(14-2)7-13(8-12)16(18)19/h6-8,10,14-15,17H,3-5,9H2,1-2H3. The summed E-state index contributed by atoms with van der Waals surface area (Å²) in [5, 5.41) is 25.8. The summed E-state index contributed by atoms with van der Waals surface area (Å²) in [6.07, 6.45) is 1.84. The maximum atomic E-state index is 10.8. The highest BCUT2D eigenvalue weighted by Crippen LogP contribution is 2.24. The minimum absolute atomic E-state index is 0.0677. The molecule has 0 saturated carbocycles. The van der Waals surface area contributed by atoms with Gasteiger partial charge in [-0.05, 0) is 24.8 Å². The van der Waals surface area contributed by atoms with Crippen molar-refractivity contribution in [2.75, 3.05) is 30.8 Å². The van der Waals surface area contributed by atoms with Crippen molar-refractivity contribution in [3.05, 3.63) is 28.3 Å². The van der Waals surface area contributed by atoms with Gasteiger partial charge in [0.05, 0.1) is 4.92 Å². The molecule has 1 unspecified atom stereocenters. The highest BCUT2D eigenvalue weighted by Gasteiger charge is 2.09. The van der Waals surface area contributed by atoms with Crippen LogP contribution in [-0.2, 0) is 0 Å². The van der Waals surface area contributed by atoms with Crippen molar-refractivity contribution in [2.24, 2.45) is 5.92 Å². The average Bonchev–Trinajstić information content (AvgIpc) is 2.42. The molecule has 1 aromatic carbocycles. The van der Waals surface area contributed by atoms with Gasteiger partial charge in [0.2, 0.25) is 0 Å². The van der Waals surface area contributed by atoms with Gasteiger partial charge < -0.3 is 15.7 Å². The molecule has 6 nitrogen and oxygen atoms in total. The molecule has 1 rings (SSSR count). The second kappa shape index (κ2) is 7.58. The van der Waals surface area contributed by atoms with Crippen molar-refractivity contribution < 1.29 is 10.0 Å². The van der Waals surface area contributed by atoms with E-state index in [2.05, 4.69) is 10.6 Å². The van der Waals surface area contributed by atoms with Crippen LogP contribution in [0, 0.1) is 16.0 Å². The molecular weight excluding hydrogens is 246 g/mol. The van der Waals surface area contributed by atoms with Gasteiger partial charge in [0.25, 0.3) is 5.69 Å². The van der Waals surface area contributed by atoms with Crippen LogP contribution in [0.5, 0.6) is 0 Å². The van der Waals surface area contributed by atoms with E-state index >= 15 is 0 Å². The molecule has 0 radical (unpaired) electrons. The Kier molecular flexibility index (Phi) is 6.08. The van der Waals surface area contributed by atoms with Gasteiger partial charge in [0.1, 0.15) is 0 Å². The first-order valence-corrected chi connectivity index (χ1v) is 6.38. The van der Waals surface area contributed by atoms with Gasteiger partial charge in [-0.15, -0.1) is 0 Å². The van der Waals surface area contributed by atoms with Gasteiger partial charge in [0.15, 0.2) is 0 Å². The number of anilines is 2. The van der Waals surface area contributed by atoms with Gasteiger partial charge in [-0.25, -0.2) is 0 Å². The van der Waals surface area contributed by atoms with Gasteiger partial charge >= 0.3 is 0 Å². The fourth-order valence-corrected chi connectivity index (χ4v) is 1.74. The number of hydrogen-bond donors (Lipinski definition) is 3. The Balaban J connectivity index is 2.57. The molecule has 0 aliphatic rings. The van der Waals surface area contributed by atoms with Gasteiger partial charge in [-0.1, -0.05) is 6.92 Å². The maximum absolute atomic E-state index is 10.8. The number of aliphatic hydroxyl groups is 1. The molecule has 19 heavy (non-hydrogen) atoms. The van der Waals surface area contributed by atoms with Crippen LogP contribution < -0.4 is 10.6 Å². The molecule has 1 aromatic rings. The zero-order valence-corrected chi connectivity index (χ0v) is 11.3. The lowest BCUT2D eigenvalue weighted by atomic mass is 10.1. The van der Waals surface area contributed by atoms with E-state index in [4.69, 9.17) is 5.11 Å². The molecule has 3 N–H and O–H groups in total. The van der Waals surface area contributed by atoms with E-state index in [1.54, 1.807) is 7.05 Å². The lowest BCUT2D eigenvalue weighted by Gasteiger charge is -2.10. The Hall–Kier alpha value is -1.82. The van der Waals surface area contributed by atoms with E-state index in [9.17, 15) is 10.1 Å². The number of aliphatic hydroxyl groups excluding tert-OH is 1. The third-order valence-electron chi connectivity index (χ3n) is 2.93. The normalized spacial score (nSPS) is 11.9. The fraction of sp³-hybridized carbons (Fsp3) is 0.538. The molecule has 6 heteroatoms. The Morgan fingerprint density at radius 3 is 2.63 bits per heavy atom. The summed E-state index contributed by atoms with van der Waals surface area (Å²) in [5.41, 5.74) is 1.51. The zero-order chi connectivity index (χ0) is 14.3. The molecule has 0 fully saturated rings. The monoisotopic (exact) mass is 267 g/mol. The fourth-order valence-electron chi connectivity index (χ4n) is 1.74. The largest absolute Gasteiger partial charge is 0.396 e. The Morgan fingerprint density at radius 1 is 1.37 bits per heavy atom. The molecular formula is C13H21N3O3. The molecule has 0 aliphatic carbocycles. The van der Waals surface area contributed by atoms with E-state index in [0.29, 0.717) is 11.6 Å². The minimum Gasteiger partial charge on any atom is -0.396 e. The average molecular weight is 267 g/mol. The van der Waals surface area contributed by atoms with Crippen LogP contribution in [0.4, 0.5) is 17.1 Å². The summed E-state index contributed by atoms with van der Waals surface area (Å²) in [4.78, 5) is 10.4. The third-order valence-corrected chi connectivity index (χ3v) is 2.93. The maximum Gasteiger partial charge on any atom is 0.273 e. The van der Waals surface area contributed by atoms with Crippen LogP contribution in [-0.4, -0.2) is 30.2 Å². The summed E-state index contributed by atoms with van der Waals surface area (Å²) in [6.45, 7) is 2.92. The van der Waals surface area contributed by atoms with E-state index in [1.165, 1.54) is 12.1 Å². The number of nitrogens with one attached hydrogen (secondary N) is 2.